The van der Waals surface area contributed by atoms with Crippen LogP contribution in [0.25, 0.3) is 0 Å². The van der Waals surface area contributed by atoms with Gasteiger partial charge < -0.3 is 0 Å². The summed E-state index contributed by atoms with van der Waals surface area (Å²) in [5.74, 6) is -0.978. The van der Waals surface area contributed by atoms with Gasteiger partial charge in [0.25, 0.3) is 0 Å². The highest BCUT2D eigenvalue weighted by Crippen LogP contribution is 2.31. The molecule has 0 aromatic heterocycles. The van der Waals surface area contributed by atoms with E-state index >= 15 is 0 Å². The summed E-state index contributed by atoms with van der Waals surface area (Å²) < 4.78 is 52.3. The fourth-order valence-corrected chi connectivity index (χ4v) is 4.11. The molecule has 0 radical (unpaired) electrons. The summed E-state index contributed by atoms with van der Waals surface area (Å²) in [6.45, 7) is 0.308. The van der Waals surface area contributed by atoms with Crippen molar-refractivity contribution in [1.82, 2.24) is 0 Å². The van der Waals surface area contributed by atoms with E-state index in [1.165, 1.54) is 46.8 Å². The van der Waals surface area contributed by atoms with Crippen LogP contribution in [0.15, 0.2) is 42.5 Å². The topological polar surface area (TPSA) is 37.4 Å². The van der Waals surface area contributed by atoms with Gasteiger partial charge in [-0.25, -0.2) is 17.2 Å². The van der Waals surface area contributed by atoms with E-state index in [1.54, 1.807) is 0 Å². The zero-order valence-corrected chi connectivity index (χ0v) is 11.9. The minimum atomic E-state index is -3.56. The summed E-state index contributed by atoms with van der Waals surface area (Å²) in [5, 5.41) is 0. The van der Waals surface area contributed by atoms with Crippen LogP contribution in [0.4, 0.5) is 14.5 Å². The largest absolute Gasteiger partial charge is 0.269 e. The Hall–Kier alpha value is -1.95. The number of sulfonamides is 1. The number of hydrogen-bond acceptors (Lipinski definition) is 2. The highest BCUT2D eigenvalue weighted by atomic mass is 32.2. The van der Waals surface area contributed by atoms with Gasteiger partial charge in [-0.1, -0.05) is 12.1 Å². The molecule has 21 heavy (non-hydrogen) atoms. The van der Waals surface area contributed by atoms with Crippen LogP contribution < -0.4 is 4.31 Å². The van der Waals surface area contributed by atoms with E-state index in [1.807, 2.05) is 0 Å². The Bertz CT molecular complexity index is 773. The maximum atomic E-state index is 13.2. The molecular weight excluding hydrogens is 296 g/mol. The lowest BCUT2D eigenvalue weighted by molar-refractivity contribution is 0.591. The molecule has 0 amide bonds. The average molecular weight is 309 g/mol. The van der Waals surface area contributed by atoms with Crippen LogP contribution in [-0.4, -0.2) is 15.0 Å². The predicted molar refractivity (Wildman–Crippen MR) is 76.5 cm³/mol. The molecule has 1 aliphatic rings. The minimum Gasteiger partial charge on any atom is -0.269 e. The van der Waals surface area contributed by atoms with Crippen LogP contribution in [0.2, 0.25) is 0 Å². The lowest BCUT2D eigenvalue weighted by atomic mass is 10.2. The van der Waals surface area contributed by atoms with Gasteiger partial charge in [-0.2, -0.15) is 0 Å². The van der Waals surface area contributed by atoms with Gasteiger partial charge in [-0.15, -0.1) is 0 Å². The smallest absolute Gasteiger partial charge is 0.239 e. The van der Waals surface area contributed by atoms with Crippen molar-refractivity contribution in [2.45, 2.75) is 12.2 Å². The molecular formula is C15H13F2NO2S. The fraction of sp³-hybridized carbons (Fsp3) is 0.200. The van der Waals surface area contributed by atoms with E-state index in [2.05, 4.69) is 0 Å². The second-order valence-electron chi connectivity index (χ2n) is 4.98. The molecule has 2 aromatic rings. The normalized spacial score (nSPS) is 14.3. The van der Waals surface area contributed by atoms with Crippen molar-refractivity contribution in [2.75, 3.05) is 10.8 Å². The van der Waals surface area contributed by atoms with E-state index in [0.29, 0.717) is 29.8 Å². The second-order valence-corrected chi connectivity index (χ2v) is 6.87. The Balaban J connectivity index is 1.89. The molecule has 2 aromatic carbocycles. The molecule has 0 saturated carbocycles. The summed E-state index contributed by atoms with van der Waals surface area (Å²) in [6.07, 6.45) is 0.496. The SMILES string of the molecule is O=S(=O)(Cc1ccc(F)cc1)N1CCc2cc(F)ccc21. The first-order valence-electron chi connectivity index (χ1n) is 6.49. The molecule has 0 bridgehead atoms. The molecule has 3 rings (SSSR count). The van der Waals surface area contributed by atoms with Gasteiger partial charge in [0, 0.05) is 6.54 Å². The Morgan fingerprint density at radius 3 is 2.38 bits per heavy atom. The number of anilines is 1. The number of rotatable bonds is 3. The van der Waals surface area contributed by atoms with Crippen molar-refractivity contribution in [1.29, 1.82) is 0 Å². The van der Waals surface area contributed by atoms with Crippen LogP contribution in [0, 0.1) is 11.6 Å². The second kappa shape index (κ2) is 5.11. The van der Waals surface area contributed by atoms with Gasteiger partial charge in [-0.05, 0) is 47.9 Å². The molecule has 1 heterocycles. The van der Waals surface area contributed by atoms with Crippen LogP contribution in [0.3, 0.4) is 0 Å². The molecule has 3 nitrogen and oxygen atoms in total. The molecule has 0 spiro atoms. The molecule has 0 fully saturated rings. The van der Waals surface area contributed by atoms with Crippen molar-refractivity contribution < 1.29 is 17.2 Å². The Morgan fingerprint density at radius 2 is 1.67 bits per heavy atom. The molecule has 0 aliphatic carbocycles. The molecule has 1 aliphatic heterocycles. The van der Waals surface area contributed by atoms with E-state index in [4.69, 9.17) is 0 Å². The predicted octanol–water partition coefficient (Wildman–Crippen LogP) is 2.86. The summed E-state index contributed by atoms with van der Waals surface area (Å²) >= 11 is 0. The van der Waals surface area contributed by atoms with Crippen molar-refractivity contribution >= 4 is 15.7 Å². The van der Waals surface area contributed by atoms with Crippen LogP contribution in [-0.2, 0) is 22.2 Å². The molecule has 0 saturated heterocycles. The van der Waals surface area contributed by atoms with Crippen molar-refractivity contribution in [3.05, 3.63) is 65.2 Å². The van der Waals surface area contributed by atoms with Crippen LogP contribution in [0.5, 0.6) is 0 Å². The van der Waals surface area contributed by atoms with E-state index < -0.39 is 15.8 Å². The number of fused-ring (bicyclic) bond motifs is 1. The van der Waals surface area contributed by atoms with E-state index in [-0.39, 0.29) is 11.6 Å². The van der Waals surface area contributed by atoms with Crippen molar-refractivity contribution in [3.63, 3.8) is 0 Å². The third-order valence-electron chi connectivity index (χ3n) is 3.49. The highest BCUT2D eigenvalue weighted by molar-refractivity contribution is 7.92. The summed E-state index contributed by atoms with van der Waals surface area (Å²) in [7, 11) is -3.56. The number of benzene rings is 2. The third-order valence-corrected chi connectivity index (χ3v) is 5.24. The van der Waals surface area contributed by atoms with Gasteiger partial charge in [0.1, 0.15) is 11.6 Å². The van der Waals surface area contributed by atoms with Gasteiger partial charge in [-0.3, -0.25) is 4.31 Å². The average Bonchev–Trinajstić information content (AvgIpc) is 2.85. The highest BCUT2D eigenvalue weighted by Gasteiger charge is 2.29. The minimum absolute atomic E-state index is 0.204. The quantitative estimate of drug-likeness (QED) is 0.874. The van der Waals surface area contributed by atoms with Gasteiger partial charge in [0.2, 0.25) is 10.0 Å². The maximum Gasteiger partial charge on any atom is 0.239 e. The first kappa shape index (κ1) is 14.0. The zero-order valence-electron chi connectivity index (χ0n) is 11.1. The number of nitrogens with zero attached hydrogens (tertiary/aromatic N) is 1. The standard InChI is InChI=1S/C15H13F2NO2S/c16-13-3-1-11(2-4-13)10-21(19,20)18-8-7-12-9-14(17)5-6-15(12)18/h1-6,9H,7-8,10H2. The van der Waals surface area contributed by atoms with Crippen LogP contribution in [0.1, 0.15) is 11.1 Å². The molecule has 0 N–H and O–H groups in total. The van der Waals surface area contributed by atoms with E-state index in [0.717, 1.165) is 0 Å². The Kier molecular flexibility index (Phi) is 3.41. The van der Waals surface area contributed by atoms with Gasteiger partial charge >= 0.3 is 0 Å². The lowest BCUT2D eigenvalue weighted by Gasteiger charge is -2.19. The number of halogens is 2. The molecule has 0 atom stereocenters. The summed E-state index contributed by atoms with van der Waals surface area (Å²) in [6, 6.07) is 9.48. The molecule has 110 valence electrons. The fourth-order valence-electron chi connectivity index (χ4n) is 2.50. The molecule has 0 unspecified atom stereocenters. The zero-order chi connectivity index (χ0) is 15.0. The van der Waals surface area contributed by atoms with Crippen LogP contribution >= 0.6 is 0 Å². The number of hydrogen-bond donors (Lipinski definition) is 0. The monoisotopic (exact) mass is 309 g/mol. The third kappa shape index (κ3) is 2.76. The Morgan fingerprint density at radius 1 is 1.00 bits per heavy atom. The molecule has 6 heteroatoms. The van der Waals surface area contributed by atoms with Gasteiger partial charge in [0.15, 0.2) is 0 Å². The van der Waals surface area contributed by atoms with Crippen molar-refractivity contribution in [3.8, 4) is 0 Å². The lowest BCUT2D eigenvalue weighted by Crippen LogP contribution is -2.30. The Labute approximate surface area is 121 Å². The first-order valence-corrected chi connectivity index (χ1v) is 8.10. The first-order chi connectivity index (χ1) is 9.95. The summed E-state index contributed by atoms with van der Waals surface area (Å²) in [5.41, 5.74) is 1.74. The van der Waals surface area contributed by atoms with Crippen molar-refractivity contribution in [2.24, 2.45) is 0 Å². The van der Waals surface area contributed by atoms with E-state index in [9.17, 15) is 17.2 Å². The summed E-state index contributed by atoms with van der Waals surface area (Å²) in [4.78, 5) is 0. The van der Waals surface area contributed by atoms with Gasteiger partial charge in [0.05, 0.1) is 11.4 Å². The maximum absolute atomic E-state index is 13.2.